The number of aliphatic hydroxyl groups is 1. The number of aryl methyl sites for hydroxylation is 1. The van der Waals surface area contributed by atoms with Gasteiger partial charge >= 0.3 is 0 Å². The molecule has 5 aromatic rings. The van der Waals surface area contributed by atoms with Crippen LogP contribution in [-0.4, -0.2) is 24.2 Å². The molecule has 1 aliphatic carbocycles. The SMILES string of the molecule is C#Cc1cccc(-c2cc(=O)n(CC3CC3)c3ncc([C@](O)(c4ccc(Cl)cc4)c4cncn4C)cc23)c1. The van der Waals surface area contributed by atoms with Gasteiger partial charge in [0.15, 0.2) is 5.60 Å². The lowest BCUT2D eigenvalue weighted by molar-refractivity contribution is 0.117. The molecule has 1 fully saturated rings. The molecule has 1 atom stereocenters. The summed E-state index contributed by atoms with van der Waals surface area (Å²) >= 11 is 6.18. The quantitative estimate of drug-likeness (QED) is 0.315. The van der Waals surface area contributed by atoms with Crippen LogP contribution in [0.4, 0.5) is 0 Å². The number of fused-ring (bicyclic) bond motifs is 1. The molecule has 3 heterocycles. The fourth-order valence-electron chi connectivity index (χ4n) is 5.06. The van der Waals surface area contributed by atoms with Crippen LogP contribution in [0.2, 0.25) is 5.02 Å². The minimum atomic E-state index is -1.58. The molecule has 6 rings (SSSR count). The Bertz CT molecular complexity index is 1780. The van der Waals surface area contributed by atoms with Crippen LogP contribution in [0.5, 0.6) is 0 Å². The van der Waals surface area contributed by atoms with Crippen LogP contribution in [0.25, 0.3) is 22.2 Å². The Kier molecular flexibility index (Phi) is 5.91. The Morgan fingerprint density at radius 2 is 1.89 bits per heavy atom. The first kappa shape index (κ1) is 24.2. The summed E-state index contributed by atoms with van der Waals surface area (Å²) in [7, 11) is 1.84. The molecule has 2 aromatic carbocycles. The molecule has 0 aliphatic heterocycles. The van der Waals surface area contributed by atoms with Gasteiger partial charge in [0.1, 0.15) is 5.65 Å². The number of rotatable bonds is 6. The molecule has 0 saturated heterocycles. The Balaban J connectivity index is 1.65. The van der Waals surface area contributed by atoms with Crippen LogP contribution in [0.1, 0.15) is 35.2 Å². The monoisotopic (exact) mass is 520 g/mol. The molecule has 0 radical (unpaired) electrons. The standard InChI is InChI=1S/C31H25ClN4O2/c1-3-20-5-4-6-22(13-20)26-15-29(37)36(18-21-7-8-21)30-27(26)14-24(16-34-30)31(38,28-17-33-19-35(28)2)23-9-11-25(32)12-10-23/h1,4-6,9-17,19,21,38H,7-8,18H2,2H3/t31-/m1/s1. The van der Waals surface area contributed by atoms with Crippen LogP contribution >= 0.6 is 11.6 Å². The minimum Gasteiger partial charge on any atom is -0.374 e. The highest BCUT2D eigenvalue weighted by molar-refractivity contribution is 6.30. The van der Waals surface area contributed by atoms with E-state index >= 15 is 0 Å². The molecule has 1 N–H and O–H groups in total. The van der Waals surface area contributed by atoms with E-state index in [4.69, 9.17) is 23.0 Å². The largest absolute Gasteiger partial charge is 0.374 e. The lowest BCUT2D eigenvalue weighted by atomic mass is 9.83. The molecular weight excluding hydrogens is 496 g/mol. The molecule has 6 nitrogen and oxygen atoms in total. The number of halogens is 1. The summed E-state index contributed by atoms with van der Waals surface area (Å²) in [6.45, 7) is 0.621. The van der Waals surface area contributed by atoms with Gasteiger partial charge in [0, 0.05) is 47.4 Å². The number of terminal acetylenes is 1. The summed E-state index contributed by atoms with van der Waals surface area (Å²) in [6, 6.07) is 18.2. The second-order valence-electron chi connectivity index (χ2n) is 9.88. The second kappa shape index (κ2) is 9.29. The van der Waals surface area contributed by atoms with Gasteiger partial charge in [0.25, 0.3) is 5.56 Å². The fourth-order valence-corrected chi connectivity index (χ4v) is 5.19. The van der Waals surface area contributed by atoms with Gasteiger partial charge in [-0.1, -0.05) is 41.8 Å². The maximum Gasteiger partial charge on any atom is 0.252 e. The van der Waals surface area contributed by atoms with Crippen molar-refractivity contribution in [3.8, 4) is 23.5 Å². The maximum absolute atomic E-state index is 13.3. The molecule has 0 amide bonds. The van der Waals surface area contributed by atoms with Gasteiger partial charge in [-0.05, 0) is 65.8 Å². The summed E-state index contributed by atoms with van der Waals surface area (Å²) < 4.78 is 3.53. The fraction of sp³-hybridized carbons (Fsp3) is 0.194. The van der Waals surface area contributed by atoms with Crippen LogP contribution in [-0.2, 0) is 19.2 Å². The normalized spacial score (nSPS) is 14.8. The van der Waals surface area contributed by atoms with Gasteiger partial charge in [-0.25, -0.2) is 9.97 Å². The zero-order chi connectivity index (χ0) is 26.4. The predicted octanol–water partition coefficient (Wildman–Crippen LogP) is 5.13. The summed E-state index contributed by atoms with van der Waals surface area (Å²) in [5.41, 5.74) is 2.88. The van der Waals surface area contributed by atoms with Crippen molar-refractivity contribution in [2.45, 2.75) is 25.0 Å². The van der Waals surface area contributed by atoms with Crippen LogP contribution in [0, 0.1) is 18.3 Å². The van der Waals surface area contributed by atoms with Gasteiger partial charge in [-0.3, -0.25) is 9.36 Å². The molecule has 1 saturated carbocycles. The first-order valence-corrected chi connectivity index (χ1v) is 12.8. The summed E-state index contributed by atoms with van der Waals surface area (Å²) in [5, 5.41) is 13.8. The lowest BCUT2D eigenvalue weighted by Gasteiger charge is -2.30. The minimum absolute atomic E-state index is 0.106. The van der Waals surface area contributed by atoms with E-state index in [1.165, 1.54) is 0 Å². The summed E-state index contributed by atoms with van der Waals surface area (Å²) in [6.07, 6.45) is 12.8. The number of hydrogen-bond acceptors (Lipinski definition) is 4. The van der Waals surface area contributed by atoms with Gasteiger partial charge < -0.3 is 9.67 Å². The van der Waals surface area contributed by atoms with Gasteiger partial charge in [-0.15, -0.1) is 6.42 Å². The van der Waals surface area contributed by atoms with Crippen LogP contribution < -0.4 is 5.56 Å². The Morgan fingerprint density at radius 3 is 2.58 bits per heavy atom. The van der Waals surface area contributed by atoms with E-state index in [9.17, 15) is 9.90 Å². The highest BCUT2D eigenvalue weighted by Crippen LogP contribution is 2.39. The third-order valence-corrected chi connectivity index (χ3v) is 7.54. The number of hydrogen-bond donors (Lipinski definition) is 1. The molecule has 0 bridgehead atoms. The molecule has 0 unspecified atom stereocenters. The van der Waals surface area contributed by atoms with E-state index in [1.54, 1.807) is 58.2 Å². The second-order valence-corrected chi connectivity index (χ2v) is 10.3. The van der Waals surface area contributed by atoms with Crippen LogP contribution in [0.3, 0.4) is 0 Å². The topological polar surface area (TPSA) is 72.9 Å². The summed E-state index contributed by atoms with van der Waals surface area (Å²) in [5.74, 6) is 3.15. The molecular formula is C31H25ClN4O2. The third-order valence-electron chi connectivity index (χ3n) is 7.29. The zero-order valence-corrected chi connectivity index (χ0v) is 21.6. The van der Waals surface area contributed by atoms with E-state index < -0.39 is 5.60 Å². The third kappa shape index (κ3) is 4.10. The zero-order valence-electron chi connectivity index (χ0n) is 20.8. The highest BCUT2D eigenvalue weighted by Gasteiger charge is 2.37. The van der Waals surface area contributed by atoms with Gasteiger partial charge in [0.2, 0.25) is 0 Å². The van der Waals surface area contributed by atoms with Gasteiger partial charge in [0.05, 0.1) is 18.2 Å². The lowest BCUT2D eigenvalue weighted by Crippen LogP contribution is -2.31. The number of nitrogens with zero attached hydrogens (tertiary/aromatic N) is 4. The Morgan fingerprint density at radius 1 is 1.11 bits per heavy atom. The van der Waals surface area contributed by atoms with E-state index in [0.717, 1.165) is 29.4 Å². The van der Waals surface area contributed by atoms with Crippen molar-refractivity contribution >= 4 is 22.6 Å². The van der Waals surface area contributed by atoms with Crippen molar-refractivity contribution in [1.82, 2.24) is 19.1 Å². The van der Waals surface area contributed by atoms with Crippen molar-refractivity contribution in [2.75, 3.05) is 0 Å². The smallest absolute Gasteiger partial charge is 0.252 e. The number of benzene rings is 2. The average Bonchev–Trinajstić information content (AvgIpc) is 3.66. The Labute approximate surface area is 225 Å². The van der Waals surface area contributed by atoms with E-state index in [1.807, 2.05) is 37.4 Å². The highest BCUT2D eigenvalue weighted by atomic mass is 35.5. The van der Waals surface area contributed by atoms with Crippen molar-refractivity contribution in [2.24, 2.45) is 13.0 Å². The van der Waals surface area contributed by atoms with Crippen LogP contribution in [0.15, 0.2) is 84.2 Å². The molecule has 38 heavy (non-hydrogen) atoms. The molecule has 188 valence electrons. The van der Waals surface area contributed by atoms with Gasteiger partial charge in [-0.2, -0.15) is 0 Å². The molecule has 1 aliphatic rings. The van der Waals surface area contributed by atoms with Crippen molar-refractivity contribution in [3.05, 3.63) is 117 Å². The maximum atomic E-state index is 13.3. The first-order valence-electron chi connectivity index (χ1n) is 12.4. The predicted molar refractivity (Wildman–Crippen MR) is 149 cm³/mol. The number of pyridine rings is 2. The van der Waals surface area contributed by atoms with E-state index in [2.05, 4.69) is 10.9 Å². The number of aromatic nitrogens is 4. The molecule has 3 aromatic heterocycles. The molecule has 7 heteroatoms. The average molecular weight is 521 g/mol. The van der Waals surface area contributed by atoms with E-state index in [-0.39, 0.29) is 5.56 Å². The Hall–Kier alpha value is -4.18. The first-order chi connectivity index (χ1) is 18.4. The van der Waals surface area contributed by atoms with E-state index in [0.29, 0.717) is 45.5 Å². The van der Waals surface area contributed by atoms with Crippen molar-refractivity contribution in [3.63, 3.8) is 0 Å². The molecule has 0 spiro atoms. The van der Waals surface area contributed by atoms with Crippen molar-refractivity contribution in [1.29, 1.82) is 0 Å². The van der Waals surface area contributed by atoms with Crippen molar-refractivity contribution < 1.29 is 5.11 Å². The summed E-state index contributed by atoms with van der Waals surface area (Å²) in [4.78, 5) is 22.4. The number of imidazole rings is 1.